The van der Waals surface area contributed by atoms with Crippen LogP contribution in [0.15, 0.2) is 16.9 Å². The summed E-state index contributed by atoms with van der Waals surface area (Å²) in [6.07, 6.45) is 0.0579. The van der Waals surface area contributed by atoms with E-state index in [1.165, 1.54) is 19.2 Å². The molecule has 0 fully saturated rings. The Bertz CT molecular complexity index is 468. The van der Waals surface area contributed by atoms with Crippen LogP contribution in [0.2, 0.25) is 0 Å². The van der Waals surface area contributed by atoms with Crippen LogP contribution in [0.5, 0.6) is 0 Å². The number of aryl methyl sites for hydroxylation is 1. The number of nitrogens with zero attached hydrogens (tertiary/aromatic N) is 2. The number of hydrogen-bond acceptors (Lipinski definition) is 4. The van der Waals surface area contributed by atoms with Gasteiger partial charge in [-0.2, -0.15) is 5.10 Å². The van der Waals surface area contributed by atoms with Crippen LogP contribution in [0, 0.1) is 5.92 Å². The van der Waals surface area contributed by atoms with Crippen molar-refractivity contribution in [2.75, 3.05) is 6.54 Å². The SMILES string of the molecule is CC(C)CC(O)CNC(=O)c1ccc(=O)n(C)n1. The molecule has 18 heavy (non-hydrogen) atoms. The third-order valence-electron chi connectivity index (χ3n) is 2.43. The molecule has 0 aliphatic carbocycles. The van der Waals surface area contributed by atoms with E-state index in [4.69, 9.17) is 0 Å². The van der Waals surface area contributed by atoms with Crippen LogP contribution in [0.25, 0.3) is 0 Å². The number of carbonyl (C=O) groups excluding carboxylic acids is 1. The summed E-state index contributed by atoms with van der Waals surface area (Å²) in [4.78, 5) is 22.8. The number of aliphatic hydroxyl groups excluding tert-OH is 1. The molecular formula is C12H19N3O3. The molecule has 0 aliphatic heterocycles. The smallest absolute Gasteiger partial charge is 0.271 e. The van der Waals surface area contributed by atoms with Gasteiger partial charge in [-0.15, -0.1) is 0 Å². The first-order valence-corrected chi connectivity index (χ1v) is 5.90. The summed E-state index contributed by atoms with van der Waals surface area (Å²) < 4.78 is 1.10. The van der Waals surface area contributed by atoms with Crippen molar-refractivity contribution in [3.05, 3.63) is 28.2 Å². The second-order valence-corrected chi connectivity index (χ2v) is 4.67. The lowest BCUT2D eigenvalue weighted by molar-refractivity contribution is 0.0893. The number of hydrogen-bond donors (Lipinski definition) is 2. The molecule has 0 radical (unpaired) electrons. The maximum Gasteiger partial charge on any atom is 0.271 e. The molecule has 1 unspecified atom stereocenters. The van der Waals surface area contributed by atoms with Gasteiger partial charge in [0.1, 0.15) is 5.69 Å². The van der Waals surface area contributed by atoms with Crippen LogP contribution in [0.1, 0.15) is 30.8 Å². The van der Waals surface area contributed by atoms with Gasteiger partial charge in [-0.05, 0) is 18.4 Å². The van der Waals surface area contributed by atoms with Crippen molar-refractivity contribution in [3.63, 3.8) is 0 Å². The highest BCUT2D eigenvalue weighted by molar-refractivity contribution is 5.91. The Morgan fingerprint density at radius 3 is 2.72 bits per heavy atom. The second kappa shape index (κ2) is 6.30. The topological polar surface area (TPSA) is 84.2 Å². The van der Waals surface area contributed by atoms with Crippen LogP contribution in [0.4, 0.5) is 0 Å². The first-order valence-electron chi connectivity index (χ1n) is 5.90. The molecular weight excluding hydrogens is 234 g/mol. The average molecular weight is 253 g/mol. The van der Waals surface area contributed by atoms with Crippen molar-refractivity contribution in [2.45, 2.75) is 26.4 Å². The Hall–Kier alpha value is -1.69. The zero-order valence-electron chi connectivity index (χ0n) is 10.9. The van der Waals surface area contributed by atoms with Crippen LogP contribution in [-0.4, -0.2) is 33.4 Å². The Kier molecular flexibility index (Phi) is 5.03. The third-order valence-corrected chi connectivity index (χ3v) is 2.43. The summed E-state index contributed by atoms with van der Waals surface area (Å²) in [5, 5.41) is 16.0. The quantitative estimate of drug-likeness (QED) is 0.768. The summed E-state index contributed by atoms with van der Waals surface area (Å²) >= 11 is 0. The molecule has 1 atom stereocenters. The molecule has 1 amide bonds. The van der Waals surface area contributed by atoms with E-state index in [9.17, 15) is 14.7 Å². The number of aliphatic hydroxyl groups is 1. The molecule has 6 heteroatoms. The Labute approximate surface area is 106 Å². The van der Waals surface area contributed by atoms with Crippen molar-refractivity contribution < 1.29 is 9.90 Å². The lowest BCUT2D eigenvalue weighted by Gasteiger charge is -2.13. The summed E-state index contributed by atoms with van der Waals surface area (Å²) in [5.74, 6) is -0.0269. The molecule has 0 saturated carbocycles. The summed E-state index contributed by atoms with van der Waals surface area (Å²) in [5.41, 5.74) is -0.111. The number of rotatable bonds is 5. The minimum absolute atomic E-state index is 0.161. The van der Waals surface area contributed by atoms with Crippen molar-refractivity contribution in [1.82, 2.24) is 15.1 Å². The van der Waals surface area contributed by atoms with Gasteiger partial charge in [0.15, 0.2) is 0 Å². The summed E-state index contributed by atoms with van der Waals surface area (Å²) in [7, 11) is 1.48. The summed E-state index contributed by atoms with van der Waals surface area (Å²) in [6, 6.07) is 2.65. The van der Waals surface area contributed by atoms with E-state index in [2.05, 4.69) is 10.4 Å². The maximum absolute atomic E-state index is 11.7. The highest BCUT2D eigenvalue weighted by Gasteiger charge is 2.12. The normalized spacial score (nSPS) is 12.5. The second-order valence-electron chi connectivity index (χ2n) is 4.67. The number of aromatic nitrogens is 2. The molecule has 6 nitrogen and oxygen atoms in total. The summed E-state index contributed by atoms with van der Waals surface area (Å²) in [6.45, 7) is 4.18. The fourth-order valence-electron chi connectivity index (χ4n) is 1.55. The Balaban J connectivity index is 2.55. The van der Waals surface area contributed by atoms with Gasteiger partial charge in [0, 0.05) is 19.7 Å². The predicted octanol–water partition coefficient (Wildman–Crippen LogP) is -0.0829. The zero-order valence-corrected chi connectivity index (χ0v) is 10.9. The van der Waals surface area contributed by atoms with Crippen molar-refractivity contribution in [2.24, 2.45) is 13.0 Å². The molecule has 0 aliphatic rings. The van der Waals surface area contributed by atoms with E-state index in [-0.39, 0.29) is 17.8 Å². The van der Waals surface area contributed by atoms with Crippen LogP contribution < -0.4 is 10.9 Å². The first-order chi connectivity index (χ1) is 8.40. The Morgan fingerprint density at radius 1 is 1.50 bits per heavy atom. The minimum atomic E-state index is -0.568. The molecule has 0 bridgehead atoms. The molecule has 1 aromatic rings. The van der Waals surface area contributed by atoms with Gasteiger partial charge >= 0.3 is 0 Å². The number of amides is 1. The van der Waals surface area contributed by atoms with E-state index >= 15 is 0 Å². The maximum atomic E-state index is 11.7. The van der Waals surface area contributed by atoms with Crippen LogP contribution in [0.3, 0.4) is 0 Å². The van der Waals surface area contributed by atoms with Crippen molar-refractivity contribution >= 4 is 5.91 Å². The molecule has 1 rings (SSSR count). The predicted molar refractivity (Wildman–Crippen MR) is 67.3 cm³/mol. The fourth-order valence-corrected chi connectivity index (χ4v) is 1.55. The van der Waals surface area contributed by atoms with E-state index in [1.807, 2.05) is 13.8 Å². The van der Waals surface area contributed by atoms with Gasteiger partial charge in [-0.25, -0.2) is 4.68 Å². The first kappa shape index (κ1) is 14.4. The van der Waals surface area contributed by atoms with Crippen LogP contribution >= 0.6 is 0 Å². The van der Waals surface area contributed by atoms with E-state index in [0.717, 1.165) is 4.68 Å². The largest absolute Gasteiger partial charge is 0.391 e. The molecule has 1 heterocycles. The molecule has 1 aromatic heterocycles. The highest BCUT2D eigenvalue weighted by atomic mass is 16.3. The molecule has 2 N–H and O–H groups in total. The molecule has 0 aromatic carbocycles. The van der Waals surface area contributed by atoms with E-state index < -0.39 is 12.0 Å². The minimum Gasteiger partial charge on any atom is -0.391 e. The molecule has 0 saturated heterocycles. The zero-order chi connectivity index (χ0) is 13.7. The van der Waals surface area contributed by atoms with Gasteiger partial charge < -0.3 is 10.4 Å². The number of nitrogens with one attached hydrogen (secondary N) is 1. The van der Waals surface area contributed by atoms with Crippen LogP contribution in [-0.2, 0) is 7.05 Å². The highest BCUT2D eigenvalue weighted by Crippen LogP contribution is 2.03. The van der Waals surface area contributed by atoms with Gasteiger partial charge in [0.25, 0.3) is 11.5 Å². The van der Waals surface area contributed by atoms with Gasteiger partial charge in [-0.1, -0.05) is 13.8 Å². The standard InChI is InChI=1S/C12H19N3O3/c1-8(2)6-9(16)7-13-12(18)10-4-5-11(17)15(3)14-10/h4-5,8-9,16H,6-7H2,1-3H3,(H,13,18). The third kappa shape index (κ3) is 4.29. The monoisotopic (exact) mass is 253 g/mol. The van der Waals surface area contributed by atoms with Gasteiger partial charge in [-0.3, -0.25) is 9.59 Å². The van der Waals surface area contributed by atoms with Crippen molar-refractivity contribution in [3.8, 4) is 0 Å². The lowest BCUT2D eigenvalue weighted by Crippen LogP contribution is -2.34. The lowest BCUT2D eigenvalue weighted by atomic mass is 10.1. The van der Waals surface area contributed by atoms with E-state index in [0.29, 0.717) is 12.3 Å². The fraction of sp³-hybridized carbons (Fsp3) is 0.583. The van der Waals surface area contributed by atoms with Gasteiger partial charge in [0.2, 0.25) is 0 Å². The number of carbonyl (C=O) groups is 1. The molecule has 100 valence electrons. The average Bonchev–Trinajstić information content (AvgIpc) is 2.28. The Morgan fingerprint density at radius 2 is 2.17 bits per heavy atom. The van der Waals surface area contributed by atoms with Gasteiger partial charge in [0.05, 0.1) is 6.10 Å². The van der Waals surface area contributed by atoms with E-state index in [1.54, 1.807) is 0 Å². The molecule has 0 spiro atoms. The van der Waals surface area contributed by atoms with Crippen molar-refractivity contribution in [1.29, 1.82) is 0 Å².